The van der Waals surface area contributed by atoms with Crippen molar-refractivity contribution >= 4 is 22.1 Å². The molecule has 18 heavy (non-hydrogen) atoms. The first-order valence-corrected chi connectivity index (χ1v) is 6.79. The molecule has 2 aromatic rings. The summed E-state index contributed by atoms with van der Waals surface area (Å²) in [5, 5.41) is 2.25. The minimum absolute atomic E-state index is 0.803. The highest BCUT2D eigenvalue weighted by Crippen LogP contribution is 2.27. The molecule has 0 saturated carbocycles. The molecule has 0 aliphatic rings. The fourth-order valence-corrected chi connectivity index (χ4v) is 2.37. The van der Waals surface area contributed by atoms with E-state index in [1.54, 1.807) is 0 Å². The lowest BCUT2D eigenvalue weighted by Gasteiger charge is -2.09. The van der Waals surface area contributed by atoms with E-state index in [1.807, 2.05) is 18.2 Å². The number of anilines is 2. The molecule has 2 nitrogen and oxygen atoms in total. The van der Waals surface area contributed by atoms with E-state index in [2.05, 4.69) is 19.1 Å². The van der Waals surface area contributed by atoms with Crippen LogP contribution in [0.3, 0.4) is 0 Å². The number of hydrogen-bond donors (Lipinski definition) is 2. The smallest absolute Gasteiger partial charge is 0.0394 e. The molecule has 0 aromatic heterocycles. The molecule has 4 N–H and O–H groups in total. The number of unbranched alkanes of at least 4 members (excludes halogenated alkanes) is 3. The lowest BCUT2D eigenvalue weighted by Crippen LogP contribution is -1.96. The van der Waals surface area contributed by atoms with E-state index in [0.29, 0.717) is 0 Å². The Labute approximate surface area is 109 Å². The van der Waals surface area contributed by atoms with Crippen LogP contribution in [0, 0.1) is 0 Å². The van der Waals surface area contributed by atoms with Crippen molar-refractivity contribution in [3.8, 4) is 0 Å². The maximum Gasteiger partial charge on any atom is 0.0394 e. The van der Waals surface area contributed by atoms with Crippen molar-refractivity contribution in [2.24, 2.45) is 0 Å². The first-order chi connectivity index (χ1) is 8.72. The average molecular weight is 242 g/mol. The van der Waals surface area contributed by atoms with Crippen LogP contribution >= 0.6 is 0 Å². The number of aryl methyl sites for hydroxylation is 1. The van der Waals surface area contributed by atoms with Crippen molar-refractivity contribution in [3.05, 3.63) is 35.9 Å². The van der Waals surface area contributed by atoms with Gasteiger partial charge in [-0.2, -0.15) is 0 Å². The van der Waals surface area contributed by atoms with Gasteiger partial charge in [-0.1, -0.05) is 38.3 Å². The average Bonchev–Trinajstić information content (AvgIpc) is 2.36. The molecule has 96 valence electrons. The molecule has 0 amide bonds. The molecule has 2 aromatic carbocycles. The van der Waals surface area contributed by atoms with Crippen molar-refractivity contribution in [1.29, 1.82) is 0 Å². The van der Waals surface area contributed by atoms with Crippen LogP contribution in [0.2, 0.25) is 0 Å². The van der Waals surface area contributed by atoms with Crippen LogP contribution in [0.4, 0.5) is 11.4 Å². The van der Waals surface area contributed by atoms with Gasteiger partial charge in [0.25, 0.3) is 0 Å². The minimum Gasteiger partial charge on any atom is -0.398 e. The van der Waals surface area contributed by atoms with Crippen LogP contribution in [0.5, 0.6) is 0 Å². The number of benzene rings is 2. The fourth-order valence-electron chi connectivity index (χ4n) is 2.37. The Morgan fingerprint density at radius 3 is 2.56 bits per heavy atom. The Hall–Kier alpha value is -1.70. The van der Waals surface area contributed by atoms with Crippen LogP contribution in [0.25, 0.3) is 10.8 Å². The van der Waals surface area contributed by atoms with Gasteiger partial charge < -0.3 is 11.5 Å². The van der Waals surface area contributed by atoms with Gasteiger partial charge in [-0.25, -0.2) is 0 Å². The van der Waals surface area contributed by atoms with Crippen LogP contribution in [0.1, 0.15) is 38.2 Å². The summed E-state index contributed by atoms with van der Waals surface area (Å²) in [6.07, 6.45) is 6.14. The van der Waals surface area contributed by atoms with Gasteiger partial charge in [-0.15, -0.1) is 0 Å². The highest BCUT2D eigenvalue weighted by molar-refractivity contribution is 5.95. The zero-order valence-electron chi connectivity index (χ0n) is 11.1. The van der Waals surface area contributed by atoms with Crippen molar-refractivity contribution < 1.29 is 0 Å². The van der Waals surface area contributed by atoms with Crippen molar-refractivity contribution in [2.45, 2.75) is 39.0 Å². The van der Waals surface area contributed by atoms with Gasteiger partial charge in [0.15, 0.2) is 0 Å². The molecule has 0 radical (unpaired) electrons. The molecular weight excluding hydrogens is 220 g/mol. The van der Waals surface area contributed by atoms with Gasteiger partial charge in [0.1, 0.15) is 0 Å². The summed E-state index contributed by atoms with van der Waals surface area (Å²) in [6.45, 7) is 2.23. The maximum atomic E-state index is 6.11. The van der Waals surface area contributed by atoms with Gasteiger partial charge in [0.05, 0.1) is 0 Å². The Morgan fingerprint density at radius 2 is 1.78 bits per heavy atom. The van der Waals surface area contributed by atoms with Crippen LogP contribution in [-0.2, 0) is 6.42 Å². The molecule has 0 aliphatic carbocycles. The Morgan fingerprint density at radius 1 is 0.944 bits per heavy atom. The van der Waals surface area contributed by atoms with Crippen molar-refractivity contribution in [2.75, 3.05) is 11.5 Å². The summed E-state index contributed by atoms with van der Waals surface area (Å²) in [6, 6.07) is 10.2. The standard InChI is InChI=1S/C16H22N2/c1-2-3-4-5-7-13-10-12-8-6-9-15(17)14(12)11-16(13)18/h6,8-11H,2-5,7,17-18H2,1H3. The first-order valence-electron chi connectivity index (χ1n) is 6.79. The van der Waals surface area contributed by atoms with Crippen molar-refractivity contribution in [1.82, 2.24) is 0 Å². The molecule has 0 heterocycles. The fraction of sp³-hybridized carbons (Fsp3) is 0.375. The lowest BCUT2D eigenvalue weighted by atomic mass is 9.99. The van der Waals surface area contributed by atoms with Gasteiger partial charge in [-0.05, 0) is 42.0 Å². The molecule has 0 bridgehead atoms. The van der Waals surface area contributed by atoms with E-state index in [-0.39, 0.29) is 0 Å². The zero-order chi connectivity index (χ0) is 13.0. The van der Waals surface area contributed by atoms with E-state index in [4.69, 9.17) is 11.5 Å². The molecule has 0 spiro atoms. The van der Waals surface area contributed by atoms with Gasteiger partial charge in [0.2, 0.25) is 0 Å². The second-order valence-electron chi connectivity index (χ2n) is 4.93. The molecule has 0 saturated heterocycles. The Kier molecular flexibility index (Phi) is 4.08. The predicted molar refractivity (Wildman–Crippen MR) is 80.6 cm³/mol. The highest BCUT2D eigenvalue weighted by Gasteiger charge is 2.04. The summed E-state index contributed by atoms with van der Waals surface area (Å²) in [5.74, 6) is 0. The number of hydrogen-bond acceptors (Lipinski definition) is 2. The monoisotopic (exact) mass is 242 g/mol. The highest BCUT2D eigenvalue weighted by atomic mass is 14.6. The quantitative estimate of drug-likeness (QED) is 0.612. The van der Waals surface area contributed by atoms with Gasteiger partial charge >= 0.3 is 0 Å². The molecule has 0 atom stereocenters. The number of rotatable bonds is 5. The molecule has 0 aliphatic heterocycles. The third-order valence-corrected chi connectivity index (χ3v) is 3.47. The largest absolute Gasteiger partial charge is 0.398 e. The molecule has 2 heteroatoms. The number of fused-ring (bicyclic) bond motifs is 1. The third kappa shape index (κ3) is 2.76. The summed E-state index contributed by atoms with van der Waals surface area (Å²) >= 11 is 0. The topological polar surface area (TPSA) is 52.0 Å². The SMILES string of the molecule is CCCCCCc1cc2cccc(N)c2cc1N. The molecule has 2 rings (SSSR count). The van der Waals surface area contributed by atoms with Crippen LogP contribution in [-0.4, -0.2) is 0 Å². The number of nitrogen functional groups attached to an aromatic ring is 2. The third-order valence-electron chi connectivity index (χ3n) is 3.47. The van der Waals surface area contributed by atoms with Crippen LogP contribution in [0.15, 0.2) is 30.3 Å². The first kappa shape index (κ1) is 12.7. The van der Waals surface area contributed by atoms with E-state index >= 15 is 0 Å². The molecule has 0 unspecified atom stereocenters. The summed E-state index contributed by atoms with van der Waals surface area (Å²) in [7, 11) is 0. The van der Waals surface area contributed by atoms with Gasteiger partial charge in [-0.3, -0.25) is 0 Å². The summed E-state index contributed by atoms with van der Waals surface area (Å²) < 4.78 is 0. The van der Waals surface area contributed by atoms with E-state index in [1.165, 1.54) is 36.6 Å². The van der Waals surface area contributed by atoms with Crippen LogP contribution < -0.4 is 11.5 Å². The van der Waals surface area contributed by atoms with Crippen molar-refractivity contribution in [3.63, 3.8) is 0 Å². The molecular formula is C16H22N2. The Balaban J connectivity index is 2.21. The molecule has 0 fully saturated rings. The second kappa shape index (κ2) is 5.76. The zero-order valence-corrected chi connectivity index (χ0v) is 11.1. The predicted octanol–water partition coefficient (Wildman–Crippen LogP) is 4.13. The summed E-state index contributed by atoms with van der Waals surface area (Å²) in [4.78, 5) is 0. The maximum absolute atomic E-state index is 6.11. The Bertz CT molecular complexity index is 532. The normalized spacial score (nSPS) is 10.9. The van der Waals surface area contributed by atoms with Gasteiger partial charge in [0, 0.05) is 16.8 Å². The van der Waals surface area contributed by atoms with E-state index < -0.39 is 0 Å². The second-order valence-corrected chi connectivity index (χ2v) is 4.93. The number of nitrogens with two attached hydrogens (primary N) is 2. The van der Waals surface area contributed by atoms with E-state index in [0.717, 1.165) is 23.2 Å². The minimum atomic E-state index is 0.803. The summed E-state index contributed by atoms with van der Waals surface area (Å²) in [5.41, 5.74) is 15.0. The van der Waals surface area contributed by atoms with E-state index in [9.17, 15) is 0 Å². The lowest BCUT2D eigenvalue weighted by molar-refractivity contribution is 0.667.